The second-order valence-electron chi connectivity index (χ2n) is 4.00. The molecule has 0 amide bonds. The predicted molar refractivity (Wildman–Crippen MR) is 58.0 cm³/mol. The van der Waals surface area contributed by atoms with Gasteiger partial charge in [0, 0.05) is 12.1 Å². The SMILES string of the molecule is CCC1NC(C)c2ccc(C(=O)O)cc21. The van der Waals surface area contributed by atoms with E-state index >= 15 is 0 Å². The third-order valence-electron chi connectivity index (χ3n) is 3.04. The van der Waals surface area contributed by atoms with Crippen molar-refractivity contribution in [1.82, 2.24) is 5.32 Å². The minimum Gasteiger partial charge on any atom is -0.478 e. The molecule has 15 heavy (non-hydrogen) atoms. The Kier molecular flexibility index (Phi) is 2.49. The van der Waals surface area contributed by atoms with Crippen LogP contribution in [0, 0.1) is 0 Å². The maximum absolute atomic E-state index is 10.9. The monoisotopic (exact) mass is 205 g/mol. The van der Waals surface area contributed by atoms with Crippen LogP contribution in [0.25, 0.3) is 0 Å². The maximum Gasteiger partial charge on any atom is 0.335 e. The molecule has 2 unspecified atom stereocenters. The fourth-order valence-corrected chi connectivity index (χ4v) is 2.22. The predicted octanol–water partition coefficient (Wildman–Crippen LogP) is 2.50. The number of carbonyl (C=O) groups is 1. The summed E-state index contributed by atoms with van der Waals surface area (Å²) in [6.45, 7) is 4.21. The second kappa shape index (κ2) is 3.66. The number of hydrogen-bond donors (Lipinski definition) is 2. The van der Waals surface area contributed by atoms with Crippen molar-refractivity contribution in [2.45, 2.75) is 32.4 Å². The van der Waals surface area contributed by atoms with Crippen molar-refractivity contribution in [3.05, 3.63) is 34.9 Å². The Labute approximate surface area is 89.1 Å². The quantitative estimate of drug-likeness (QED) is 0.779. The summed E-state index contributed by atoms with van der Waals surface area (Å²) in [4.78, 5) is 10.9. The lowest BCUT2D eigenvalue weighted by atomic mass is 9.98. The van der Waals surface area contributed by atoms with Crippen molar-refractivity contribution < 1.29 is 9.90 Å². The van der Waals surface area contributed by atoms with E-state index in [4.69, 9.17) is 5.11 Å². The fraction of sp³-hybridized carbons (Fsp3) is 0.417. The first-order valence-electron chi connectivity index (χ1n) is 5.26. The molecule has 2 atom stereocenters. The highest BCUT2D eigenvalue weighted by Crippen LogP contribution is 2.34. The zero-order valence-corrected chi connectivity index (χ0v) is 8.95. The van der Waals surface area contributed by atoms with Gasteiger partial charge >= 0.3 is 5.97 Å². The first kappa shape index (κ1) is 10.2. The van der Waals surface area contributed by atoms with Gasteiger partial charge in [-0.15, -0.1) is 0 Å². The molecular formula is C12H15NO2. The van der Waals surface area contributed by atoms with Gasteiger partial charge in [-0.2, -0.15) is 0 Å². The van der Waals surface area contributed by atoms with E-state index in [0.29, 0.717) is 17.6 Å². The Morgan fingerprint density at radius 1 is 1.47 bits per heavy atom. The lowest BCUT2D eigenvalue weighted by molar-refractivity contribution is 0.0696. The van der Waals surface area contributed by atoms with Crippen LogP contribution in [-0.4, -0.2) is 11.1 Å². The molecule has 2 N–H and O–H groups in total. The van der Waals surface area contributed by atoms with Gasteiger partial charge in [-0.25, -0.2) is 4.79 Å². The van der Waals surface area contributed by atoms with Crippen LogP contribution in [0.2, 0.25) is 0 Å². The summed E-state index contributed by atoms with van der Waals surface area (Å²) in [5, 5.41) is 12.4. The summed E-state index contributed by atoms with van der Waals surface area (Å²) >= 11 is 0. The molecule has 0 fully saturated rings. The first-order chi connectivity index (χ1) is 7.13. The van der Waals surface area contributed by atoms with Gasteiger partial charge in [0.2, 0.25) is 0 Å². The van der Waals surface area contributed by atoms with Crippen LogP contribution in [0.1, 0.15) is 53.8 Å². The standard InChI is InChI=1S/C12H15NO2/c1-3-11-10-6-8(12(14)15)4-5-9(10)7(2)13-11/h4-7,11,13H,3H2,1-2H3,(H,14,15). The summed E-state index contributed by atoms with van der Waals surface area (Å²) in [6.07, 6.45) is 0.987. The number of carboxylic acid groups (broad SMARTS) is 1. The summed E-state index contributed by atoms with van der Waals surface area (Å²) < 4.78 is 0. The van der Waals surface area contributed by atoms with Crippen LogP contribution in [0.5, 0.6) is 0 Å². The van der Waals surface area contributed by atoms with Crippen LogP contribution in [0.4, 0.5) is 0 Å². The van der Waals surface area contributed by atoms with Crippen LogP contribution in [-0.2, 0) is 0 Å². The van der Waals surface area contributed by atoms with Gasteiger partial charge in [-0.3, -0.25) is 0 Å². The van der Waals surface area contributed by atoms with Gasteiger partial charge in [0.15, 0.2) is 0 Å². The highest BCUT2D eigenvalue weighted by molar-refractivity contribution is 5.88. The molecule has 1 aromatic carbocycles. The third-order valence-corrected chi connectivity index (χ3v) is 3.04. The highest BCUT2D eigenvalue weighted by atomic mass is 16.4. The Morgan fingerprint density at radius 2 is 2.20 bits per heavy atom. The number of aromatic carboxylic acids is 1. The first-order valence-corrected chi connectivity index (χ1v) is 5.26. The van der Waals surface area contributed by atoms with Gasteiger partial charge in [-0.1, -0.05) is 13.0 Å². The highest BCUT2D eigenvalue weighted by Gasteiger charge is 2.26. The molecule has 0 saturated heterocycles. The molecule has 1 aromatic rings. The van der Waals surface area contributed by atoms with Crippen LogP contribution < -0.4 is 5.32 Å². The van der Waals surface area contributed by atoms with Crippen molar-refractivity contribution in [3.8, 4) is 0 Å². The van der Waals surface area contributed by atoms with E-state index in [9.17, 15) is 4.79 Å². The molecule has 0 aliphatic carbocycles. The van der Waals surface area contributed by atoms with Gasteiger partial charge in [0.1, 0.15) is 0 Å². The van der Waals surface area contributed by atoms with E-state index in [1.54, 1.807) is 12.1 Å². The van der Waals surface area contributed by atoms with Crippen molar-refractivity contribution in [2.75, 3.05) is 0 Å². The van der Waals surface area contributed by atoms with E-state index < -0.39 is 5.97 Å². The summed E-state index contributed by atoms with van der Waals surface area (Å²) in [5.41, 5.74) is 2.75. The average molecular weight is 205 g/mol. The van der Waals surface area contributed by atoms with Gasteiger partial charge in [0.05, 0.1) is 5.56 Å². The minimum atomic E-state index is -0.854. The number of nitrogens with one attached hydrogen (secondary N) is 1. The summed E-state index contributed by atoms with van der Waals surface area (Å²) in [5.74, 6) is -0.854. The Hall–Kier alpha value is -1.35. The average Bonchev–Trinajstić information content (AvgIpc) is 2.55. The topological polar surface area (TPSA) is 49.3 Å². The molecule has 0 spiro atoms. The van der Waals surface area contributed by atoms with E-state index in [2.05, 4.69) is 19.2 Å². The number of fused-ring (bicyclic) bond motifs is 1. The molecule has 0 bridgehead atoms. The van der Waals surface area contributed by atoms with Gasteiger partial charge < -0.3 is 10.4 Å². The van der Waals surface area contributed by atoms with E-state index in [1.165, 1.54) is 5.56 Å². The molecule has 1 aliphatic rings. The zero-order valence-electron chi connectivity index (χ0n) is 8.95. The van der Waals surface area contributed by atoms with Crippen molar-refractivity contribution in [3.63, 3.8) is 0 Å². The second-order valence-corrected chi connectivity index (χ2v) is 4.00. The molecule has 0 saturated carbocycles. The lowest BCUT2D eigenvalue weighted by Gasteiger charge is -2.09. The third kappa shape index (κ3) is 1.63. The molecule has 0 radical (unpaired) electrons. The normalized spacial score (nSPS) is 23.9. The van der Waals surface area contributed by atoms with Gasteiger partial charge in [-0.05, 0) is 36.6 Å². The summed E-state index contributed by atoms with van der Waals surface area (Å²) in [7, 11) is 0. The largest absolute Gasteiger partial charge is 0.478 e. The molecule has 1 heterocycles. The molecule has 3 heteroatoms. The maximum atomic E-state index is 10.9. The lowest BCUT2D eigenvalue weighted by Crippen LogP contribution is -2.14. The van der Waals surface area contributed by atoms with Crippen molar-refractivity contribution in [1.29, 1.82) is 0 Å². The van der Waals surface area contributed by atoms with Crippen LogP contribution in [0.3, 0.4) is 0 Å². The van der Waals surface area contributed by atoms with Crippen molar-refractivity contribution in [2.24, 2.45) is 0 Å². The number of benzene rings is 1. The number of carboxylic acids is 1. The fourth-order valence-electron chi connectivity index (χ4n) is 2.22. The smallest absolute Gasteiger partial charge is 0.335 e. The molecule has 1 aliphatic heterocycles. The molecule has 80 valence electrons. The van der Waals surface area contributed by atoms with E-state index in [-0.39, 0.29) is 0 Å². The molecule has 3 nitrogen and oxygen atoms in total. The molecule has 2 rings (SSSR count). The minimum absolute atomic E-state index is 0.300. The number of rotatable bonds is 2. The van der Waals surface area contributed by atoms with E-state index in [0.717, 1.165) is 12.0 Å². The molecular weight excluding hydrogens is 190 g/mol. The number of hydrogen-bond acceptors (Lipinski definition) is 2. The van der Waals surface area contributed by atoms with Crippen LogP contribution >= 0.6 is 0 Å². The molecule has 0 aromatic heterocycles. The Balaban J connectivity index is 2.47. The van der Waals surface area contributed by atoms with Gasteiger partial charge in [0.25, 0.3) is 0 Å². The Morgan fingerprint density at radius 3 is 2.80 bits per heavy atom. The Bertz CT molecular complexity index is 401. The summed E-state index contributed by atoms with van der Waals surface area (Å²) in [6, 6.07) is 6.02. The van der Waals surface area contributed by atoms with Crippen LogP contribution in [0.15, 0.2) is 18.2 Å². The zero-order chi connectivity index (χ0) is 11.0. The van der Waals surface area contributed by atoms with Crippen molar-refractivity contribution >= 4 is 5.97 Å². The van der Waals surface area contributed by atoms with E-state index in [1.807, 2.05) is 6.07 Å².